The molecule has 1 aromatic heterocycles. The summed E-state index contributed by atoms with van der Waals surface area (Å²) in [6, 6.07) is -0.379. The summed E-state index contributed by atoms with van der Waals surface area (Å²) in [5.74, 6) is 0.204. The predicted octanol–water partition coefficient (Wildman–Crippen LogP) is -1.03. The quantitative estimate of drug-likeness (QED) is 0.521. The van der Waals surface area contributed by atoms with Gasteiger partial charge in [0.25, 0.3) is 0 Å². The van der Waals surface area contributed by atoms with Crippen molar-refractivity contribution in [2.75, 3.05) is 25.6 Å². The van der Waals surface area contributed by atoms with Crippen molar-refractivity contribution in [1.82, 2.24) is 25.9 Å². The Morgan fingerprint density at radius 3 is 3.15 bits per heavy atom. The van der Waals surface area contributed by atoms with E-state index in [1.165, 1.54) is 0 Å². The Labute approximate surface area is 74.0 Å². The number of hydrogen-bond donors (Lipinski definition) is 3. The zero-order chi connectivity index (χ0) is 9.52. The number of rotatable bonds is 4. The number of urea groups is 1. The number of carbonyl (C=O) groups excluding carboxylic acids is 1. The minimum atomic E-state index is -0.379. The van der Waals surface area contributed by atoms with Gasteiger partial charge >= 0.3 is 6.03 Å². The Hall–Kier alpha value is -1.70. The van der Waals surface area contributed by atoms with Crippen LogP contribution in [0.2, 0.25) is 0 Å². The number of hydrogen-bond acceptors (Lipinski definition) is 5. The summed E-state index contributed by atoms with van der Waals surface area (Å²) in [5.41, 5.74) is 0. The molecule has 0 atom stereocenters. The Morgan fingerprint density at radius 2 is 2.54 bits per heavy atom. The molecule has 0 spiro atoms. The van der Waals surface area contributed by atoms with E-state index in [9.17, 15) is 4.79 Å². The van der Waals surface area contributed by atoms with E-state index in [1.54, 1.807) is 7.11 Å². The van der Waals surface area contributed by atoms with Gasteiger partial charge in [-0.25, -0.2) is 9.89 Å². The second-order valence-corrected chi connectivity index (χ2v) is 2.12. The third kappa shape index (κ3) is 3.47. The number of tetrazole rings is 1. The third-order valence-electron chi connectivity index (χ3n) is 1.17. The van der Waals surface area contributed by atoms with Gasteiger partial charge in [-0.3, -0.25) is 5.32 Å². The molecule has 0 aliphatic carbocycles. The lowest BCUT2D eigenvalue weighted by atomic mass is 10.7. The fourth-order valence-electron chi connectivity index (χ4n) is 0.630. The third-order valence-corrected chi connectivity index (χ3v) is 1.17. The predicted molar refractivity (Wildman–Crippen MR) is 43.1 cm³/mol. The van der Waals surface area contributed by atoms with Gasteiger partial charge in [0, 0.05) is 13.7 Å². The summed E-state index contributed by atoms with van der Waals surface area (Å²) in [6.07, 6.45) is 0. The van der Waals surface area contributed by atoms with Crippen molar-refractivity contribution in [1.29, 1.82) is 0 Å². The lowest BCUT2D eigenvalue weighted by Crippen LogP contribution is -2.31. The molecule has 0 saturated heterocycles. The highest BCUT2D eigenvalue weighted by atomic mass is 16.5. The molecule has 0 radical (unpaired) electrons. The first-order chi connectivity index (χ1) is 6.33. The number of ether oxygens (including phenoxy) is 1. The van der Waals surface area contributed by atoms with Crippen molar-refractivity contribution in [2.45, 2.75) is 0 Å². The summed E-state index contributed by atoms with van der Waals surface area (Å²) in [4.78, 5) is 11.0. The van der Waals surface area contributed by atoms with Gasteiger partial charge in [-0.1, -0.05) is 5.10 Å². The maximum atomic E-state index is 11.0. The van der Waals surface area contributed by atoms with E-state index >= 15 is 0 Å². The van der Waals surface area contributed by atoms with Crippen LogP contribution in [-0.4, -0.2) is 46.9 Å². The molecule has 0 aromatic carbocycles. The molecule has 0 aliphatic heterocycles. The molecular formula is C5H10N6O2. The van der Waals surface area contributed by atoms with E-state index in [-0.39, 0.29) is 12.0 Å². The molecule has 0 saturated carbocycles. The first-order valence-corrected chi connectivity index (χ1v) is 3.60. The molecule has 2 amide bonds. The molecule has 8 nitrogen and oxygen atoms in total. The minimum absolute atomic E-state index is 0.204. The number of aromatic nitrogens is 4. The number of carbonyl (C=O) groups is 1. The van der Waals surface area contributed by atoms with Gasteiger partial charge in [-0.05, 0) is 10.4 Å². The van der Waals surface area contributed by atoms with Gasteiger partial charge in [0.2, 0.25) is 5.95 Å². The van der Waals surface area contributed by atoms with Crippen LogP contribution in [0, 0.1) is 0 Å². The minimum Gasteiger partial charge on any atom is -0.383 e. The van der Waals surface area contributed by atoms with Gasteiger partial charge in [0.05, 0.1) is 6.61 Å². The van der Waals surface area contributed by atoms with Crippen molar-refractivity contribution in [2.24, 2.45) is 0 Å². The topological polar surface area (TPSA) is 105 Å². The van der Waals surface area contributed by atoms with Gasteiger partial charge in [-0.15, -0.1) is 0 Å². The van der Waals surface area contributed by atoms with Gasteiger partial charge in [0.15, 0.2) is 0 Å². The van der Waals surface area contributed by atoms with Crippen LogP contribution in [0.25, 0.3) is 0 Å². The summed E-state index contributed by atoms with van der Waals surface area (Å²) >= 11 is 0. The Balaban J connectivity index is 2.18. The molecule has 72 valence electrons. The van der Waals surface area contributed by atoms with E-state index in [4.69, 9.17) is 4.74 Å². The maximum absolute atomic E-state index is 11.0. The van der Waals surface area contributed by atoms with Crippen LogP contribution < -0.4 is 10.6 Å². The highest BCUT2D eigenvalue weighted by Gasteiger charge is 2.02. The van der Waals surface area contributed by atoms with E-state index in [2.05, 4.69) is 31.3 Å². The lowest BCUT2D eigenvalue weighted by molar-refractivity contribution is 0.198. The molecular weight excluding hydrogens is 176 g/mol. The van der Waals surface area contributed by atoms with Gasteiger partial charge in [-0.2, -0.15) is 0 Å². The van der Waals surface area contributed by atoms with Crippen molar-refractivity contribution < 1.29 is 9.53 Å². The molecule has 0 unspecified atom stereocenters. The number of nitrogens with one attached hydrogen (secondary N) is 3. The molecule has 1 heterocycles. The average Bonchev–Trinajstić information content (AvgIpc) is 2.57. The van der Waals surface area contributed by atoms with E-state index in [0.717, 1.165) is 0 Å². The van der Waals surface area contributed by atoms with Crippen LogP contribution in [0.4, 0.5) is 10.7 Å². The van der Waals surface area contributed by atoms with Crippen molar-refractivity contribution in [3.05, 3.63) is 0 Å². The molecule has 0 fully saturated rings. The largest absolute Gasteiger partial charge is 0.383 e. The van der Waals surface area contributed by atoms with Gasteiger partial charge < -0.3 is 10.1 Å². The van der Waals surface area contributed by atoms with Crippen LogP contribution in [0.1, 0.15) is 0 Å². The number of anilines is 1. The number of H-pyrrole nitrogens is 1. The molecule has 1 aromatic rings. The highest BCUT2D eigenvalue weighted by Crippen LogP contribution is 1.88. The fourth-order valence-corrected chi connectivity index (χ4v) is 0.630. The first-order valence-electron chi connectivity index (χ1n) is 3.60. The second kappa shape index (κ2) is 5.04. The zero-order valence-corrected chi connectivity index (χ0v) is 7.07. The van der Waals surface area contributed by atoms with E-state index in [1.807, 2.05) is 0 Å². The molecule has 8 heteroatoms. The van der Waals surface area contributed by atoms with Crippen LogP contribution in [0.5, 0.6) is 0 Å². The smallest absolute Gasteiger partial charge is 0.321 e. The van der Waals surface area contributed by atoms with Crippen LogP contribution >= 0.6 is 0 Å². The average molecular weight is 186 g/mol. The highest BCUT2D eigenvalue weighted by molar-refractivity contribution is 5.87. The van der Waals surface area contributed by atoms with Crippen LogP contribution in [0.3, 0.4) is 0 Å². The zero-order valence-electron chi connectivity index (χ0n) is 7.07. The molecule has 13 heavy (non-hydrogen) atoms. The second-order valence-electron chi connectivity index (χ2n) is 2.12. The summed E-state index contributed by atoms with van der Waals surface area (Å²) < 4.78 is 4.74. The summed E-state index contributed by atoms with van der Waals surface area (Å²) in [5, 5.41) is 17.3. The Kier molecular flexibility index (Phi) is 3.64. The number of amides is 2. The van der Waals surface area contributed by atoms with Crippen LogP contribution in [0.15, 0.2) is 0 Å². The maximum Gasteiger partial charge on any atom is 0.321 e. The van der Waals surface area contributed by atoms with Crippen molar-refractivity contribution in [3.8, 4) is 0 Å². The standard InChI is InChI=1S/C5H10N6O2/c1-13-3-2-6-5(12)7-4-8-10-11-9-4/h2-3H2,1H3,(H3,6,7,8,9,10,11,12). The van der Waals surface area contributed by atoms with Crippen LogP contribution in [-0.2, 0) is 4.74 Å². The SMILES string of the molecule is COCCNC(=O)Nc1nnn[nH]1. The first kappa shape index (κ1) is 9.39. The normalized spacial score (nSPS) is 9.62. The van der Waals surface area contributed by atoms with Gasteiger partial charge in [0.1, 0.15) is 0 Å². The monoisotopic (exact) mass is 186 g/mol. The molecule has 0 aliphatic rings. The molecule has 3 N–H and O–H groups in total. The van der Waals surface area contributed by atoms with Crippen molar-refractivity contribution >= 4 is 12.0 Å². The summed E-state index contributed by atoms with van der Waals surface area (Å²) in [7, 11) is 1.56. The fraction of sp³-hybridized carbons (Fsp3) is 0.600. The number of nitrogens with zero attached hydrogens (tertiary/aromatic N) is 3. The van der Waals surface area contributed by atoms with E-state index < -0.39 is 0 Å². The molecule has 0 bridgehead atoms. The van der Waals surface area contributed by atoms with Crippen molar-refractivity contribution in [3.63, 3.8) is 0 Å². The lowest BCUT2D eigenvalue weighted by Gasteiger charge is -2.02. The van der Waals surface area contributed by atoms with E-state index in [0.29, 0.717) is 13.2 Å². The Bertz CT molecular complexity index is 248. The number of methoxy groups -OCH3 is 1. The number of aromatic amines is 1. The summed E-state index contributed by atoms with van der Waals surface area (Å²) in [6.45, 7) is 0.895. The Morgan fingerprint density at radius 1 is 1.69 bits per heavy atom. The molecule has 1 rings (SSSR count).